The summed E-state index contributed by atoms with van der Waals surface area (Å²) in [5.41, 5.74) is 1.20. The topological polar surface area (TPSA) is 46.2 Å². The van der Waals surface area contributed by atoms with Gasteiger partial charge in [0.15, 0.2) is 5.78 Å². The monoisotopic (exact) mass is 289 g/mol. The molecule has 1 rings (SSSR count). The minimum atomic E-state index is -0.0261. The third-order valence-electron chi connectivity index (χ3n) is 3.59. The van der Waals surface area contributed by atoms with E-state index in [-0.39, 0.29) is 11.7 Å². The van der Waals surface area contributed by atoms with Gasteiger partial charge in [0.2, 0.25) is 5.91 Å². The first-order valence-corrected chi connectivity index (χ1v) is 8.05. The number of amides is 1. The second-order valence-electron chi connectivity index (χ2n) is 5.52. The standard InChI is InChI=1S/C18H27NO2/c1-3-4-5-6-7-8-9-14-18(21)19-17-13-11-10-12-16(17)15(2)20/h10-13H,3-9,14H2,1-2H3,(H,19,21). The number of rotatable bonds is 10. The minimum Gasteiger partial charge on any atom is -0.325 e. The molecule has 3 heteroatoms. The lowest BCUT2D eigenvalue weighted by atomic mass is 10.1. The van der Waals surface area contributed by atoms with Crippen molar-refractivity contribution in [1.29, 1.82) is 0 Å². The number of ketones is 1. The van der Waals surface area contributed by atoms with E-state index in [1.165, 1.54) is 39.0 Å². The van der Waals surface area contributed by atoms with E-state index in [1.54, 1.807) is 12.1 Å². The summed E-state index contributed by atoms with van der Waals surface area (Å²) in [7, 11) is 0. The Morgan fingerprint density at radius 2 is 1.57 bits per heavy atom. The van der Waals surface area contributed by atoms with Gasteiger partial charge in [-0.3, -0.25) is 9.59 Å². The molecule has 0 fully saturated rings. The molecule has 1 aromatic rings. The van der Waals surface area contributed by atoms with Crippen molar-refractivity contribution in [2.45, 2.75) is 65.2 Å². The predicted octanol–water partition coefficient (Wildman–Crippen LogP) is 4.97. The van der Waals surface area contributed by atoms with Gasteiger partial charge in [0.25, 0.3) is 0 Å². The molecular weight excluding hydrogens is 262 g/mol. The van der Waals surface area contributed by atoms with Gasteiger partial charge in [-0.05, 0) is 25.5 Å². The van der Waals surface area contributed by atoms with E-state index in [0.717, 1.165) is 12.8 Å². The number of carbonyl (C=O) groups is 2. The van der Waals surface area contributed by atoms with E-state index < -0.39 is 0 Å². The molecule has 0 spiro atoms. The van der Waals surface area contributed by atoms with E-state index >= 15 is 0 Å². The number of carbonyl (C=O) groups excluding carboxylic acids is 2. The first-order chi connectivity index (χ1) is 10.1. The Morgan fingerprint density at radius 1 is 0.952 bits per heavy atom. The number of unbranched alkanes of at least 4 members (excludes halogenated alkanes) is 6. The lowest BCUT2D eigenvalue weighted by Gasteiger charge is -2.08. The van der Waals surface area contributed by atoms with Gasteiger partial charge in [0.05, 0.1) is 5.69 Å². The highest BCUT2D eigenvalue weighted by Gasteiger charge is 2.09. The van der Waals surface area contributed by atoms with Crippen molar-refractivity contribution in [3.05, 3.63) is 29.8 Å². The molecule has 0 bridgehead atoms. The molecule has 0 aliphatic rings. The van der Waals surface area contributed by atoms with E-state index in [4.69, 9.17) is 0 Å². The second-order valence-corrected chi connectivity index (χ2v) is 5.52. The van der Waals surface area contributed by atoms with Crippen molar-refractivity contribution >= 4 is 17.4 Å². The second kappa shape index (κ2) is 10.1. The van der Waals surface area contributed by atoms with E-state index in [9.17, 15) is 9.59 Å². The van der Waals surface area contributed by atoms with Crippen LogP contribution < -0.4 is 5.32 Å². The van der Waals surface area contributed by atoms with Gasteiger partial charge in [-0.15, -0.1) is 0 Å². The molecule has 1 amide bonds. The van der Waals surface area contributed by atoms with Crippen LogP contribution in [-0.4, -0.2) is 11.7 Å². The van der Waals surface area contributed by atoms with Crippen LogP contribution in [0.15, 0.2) is 24.3 Å². The number of hydrogen-bond donors (Lipinski definition) is 1. The summed E-state index contributed by atoms with van der Waals surface area (Å²) < 4.78 is 0. The fourth-order valence-corrected chi connectivity index (χ4v) is 2.35. The van der Waals surface area contributed by atoms with Crippen molar-refractivity contribution < 1.29 is 9.59 Å². The number of hydrogen-bond acceptors (Lipinski definition) is 2. The summed E-state index contributed by atoms with van der Waals surface area (Å²) in [5.74, 6) is -0.0286. The van der Waals surface area contributed by atoms with Gasteiger partial charge >= 0.3 is 0 Å². The molecular formula is C18H27NO2. The Morgan fingerprint density at radius 3 is 2.24 bits per heavy atom. The molecule has 0 saturated heterocycles. The third-order valence-corrected chi connectivity index (χ3v) is 3.59. The highest BCUT2D eigenvalue weighted by molar-refractivity contribution is 6.03. The van der Waals surface area contributed by atoms with Crippen LogP contribution in [0.25, 0.3) is 0 Å². The quantitative estimate of drug-likeness (QED) is 0.488. The zero-order chi connectivity index (χ0) is 15.5. The lowest BCUT2D eigenvalue weighted by molar-refractivity contribution is -0.116. The van der Waals surface area contributed by atoms with Gasteiger partial charge in [-0.2, -0.15) is 0 Å². The maximum Gasteiger partial charge on any atom is 0.224 e. The van der Waals surface area contributed by atoms with Crippen LogP contribution in [0.5, 0.6) is 0 Å². The van der Waals surface area contributed by atoms with Crippen LogP contribution >= 0.6 is 0 Å². The maximum absolute atomic E-state index is 11.9. The number of nitrogens with one attached hydrogen (secondary N) is 1. The molecule has 0 saturated carbocycles. The van der Waals surface area contributed by atoms with Crippen LogP contribution in [0.4, 0.5) is 5.69 Å². The highest BCUT2D eigenvalue weighted by Crippen LogP contribution is 2.16. The Labute approximate surface area is 128 Å². The Kier molecular flexibility index (Phi) is 8.41. The molecule has 0 aromatic heterocycles. The number of anilines is 1. The van der Waals surface area contributed by atoms with Crippen molar-refractivity contribution in [2.75, 3.05) is 5.32 Å². The van der Waals surface area contributed by atoms with Gasteiger partial charge in [0.1, 0.15) is 0 Å². The normalized spacial score (nSPS) is 10.4. The van der Waals surface area contributed by atoms with Gasteiger partial charge in [-0.1, -0.05) is 57.6 Å². The van der Waals surface area contributed by atoms with Crippen LogP contribution in [-0.2, 0) is 4.79 Å². The number of para-hydroxylation sites is 1. The number of Topliss-reactive ketones (excluding diaryl/α,β-unsaturated/α-hetero) is 1. The molecule has 0 aliphatic heterocycles. The average molecular weight is 289 g/mol. The number of benzene rings is 1. The first-order valence-electron chi connectivity index (χ1n) is 8.05. The van der Waals surface area contributed by atoms with Crippen molar-refractivity contribution in [3.8, 4) is 0 Å². The summed E-state index contributed by atoms with van der Waals surface area (Å²) in [6, 6.07) is 7.16. The molecule has 0 aliphatic carbocycles. The van der Waals surface area contributed by atoms with Gasteiger partial charge < -0.3 is 5.32 Å². The van der Waals surface area contributed by atoms with Crippen LogP contribution in [0.1, 0.15) is 75.6 Å². The predicted molar refractivity (Wildman–Crippen MR) is 87.7 cm³/mol. The minimum absolute atomic E-state index is 0.00254. The molecule has 0 atom stereocenters. The van der Waals surface area contributed by atoms with E-state index in [2.05, 4.69) is 12.2 Å². The highest BCUT2D eigenvalue weighted by atomic mass is 16.1. The van der Waals surface area contributed by atoms with Crippen LogP contribution in [0, 0.1) is 0 Å². The van der Waals surface area contributed by atoms with E-state index in [1.807, 2.05) is 12.1 Å². The lowest BCUT2D eigenvalue weighted by Crippen LogP contribution is -2.13. The molecule has 116 valence electrons. The fourth-order valence-electron chi connectivity index (χ4n) is 2.35. The maximum atomic E-state index is 11.9. The smallest absolute Gasteiger partial charge is 0.224 e. The Balaban J connectivity index is 2.27. The average Bonchev–Trinajstić information content (AvgIpc) is 2.46. The molecule has 0 unspecified atom stereocenters. The van der Waals surface area contributed by atoms with Crippen molar-refractivity contribution in [1.82, 2.24) is 0 Å². The summed E-state index contributed by atoms with van der Waals surface area (Å²) >= 11 is 0. The fraction of sp³-hybridized carbons (Fsp3) is 0.556. The van der Waals surface area contributed by atoms with Crippen LogP contribution in [0.2, 0.25) is 0 Å². The zero-order valence-corrected chi connectivity index (χ0v) is 13.3. The molecule has 21 heavy (non-hydrogen) atoms. The summed E-state index contributed by atoms with van der Waals surface area (Å²) in [4.78, 5) is 23.4. The summed E-state index contributed by atoms with van der Waals surface area (Å²) in [6.07, 6.45) is 8.89. The molecule has 1 N–H and O–H groups in total. The molecule has 0 heterocycles. The zero-order valence-electron chi connectivity index (χ0n) is 13.3. The molecule has 1 aromatic carbocycles. The van der Waals surface area contributed by atoms with Crippen molar-refractivity contribution in [3.63, 3.8) is 0 Å². The Hall–Kier alpha value is -1.64. The first kappa shape index (κ1) is 17.4. The van der Waals surface area contributed by atoms with Gasteiger partial charge in [0, 0.05) is 12.0 Å². The molecule has 0 radical (unpaired) electrons. The van der Waals surface area contributed by atoms with Crippen molar-refractivity contribution in [2.24, 2.45) is 0 Å². The summed E-state index contributed by atoms with van der Waals surface area (Å²) in [5, 5.41) is 2.84. The largest absolute Gasteiger partial charge is 0.325 e. The third kappa shape index (κ3) is 7.07. The van der Waals surface area contributed by atoms with Gasteiger partial charge in [-0.25, -0.2) is 0 Å². The van der Waals surface area contributed by atoms with Crippen LogP contribution in [0.3, 0.4) is 0 Å². The molecule has 3 nitrogen and oxygen atoms in total. The van der Waals surface area contributed by atoms with E-state index in [0.29, 0.717) is 17.7 Å². The summed E-state index contributed by atoms with van der Waals surface area (Å²) in [6.45, 7) is 3.73. The Bertz CT molecular complexity index is 454. The SMILES string of the molecule is CCCCCCCCCC(=O)Nc1ccccc1C(C)=O.